The molecule has 0 bridgehead atoms. The second-order valence-corrected chi connectivity index (χ2v) is 5.85. The van der Waals surface area contributed by atoms with E-state index in [1.54, 1.807) is 12.1 Å². The van der Waals surface area contributed by atoms with Gasteiger partial charge in [0, 0.05) is 0 Å². The van der Waals surface area contributed by atoms with Crippen molar-refractivity contribution in [2.45, 2.75) is 13.5 Å². The van der Waals surface area contributed by atoms with Gasteiger partial charge in [0.05, 0.1) is 5.56 Å². The first kappa shape index (κ1) is 18.2. The lowest BCUT2D eigenvalue weighted by molar-refractivity contribution is 0.0472. The summed E-state index contributed by atoms with van der Waals surface area (Å²) >= 11 is 0. The van der Waals surface area contributed by atoms with Crippen molar-refractivity contribution in [2.24, 2.45) is 0 Å². The van der Waals surface area contributed by atoms with Crippen LogP contribution in [0.1, 0.15) is 21.5 Å². The van der Waals surface area contributed by atoms with Gasteiger partial charge in [0.15, 0.2) is 0 Å². The third-order valence-electron chi connectivity index (χ3n) is 3.73. The summed E-state index contributed by atoms with van der Waals surface area (Å²) in [5.74, 6) is 0.214. The molecule has 5 heteroatoms. The minimum atomic E-state index is -0.849. The van der Waals surface area contributed by atoms with Gasteiger partial charge in [0.1, 0.15) is 18.1 Å². The van der Waals surface area contributed by atoms with Crippen molar-refractivity contribution in [3.63, 3.8) is 0 Å². The van der Waals surface area contributed by atoms with Gasteiger partial charge in [-0.15, -0.1) is 0 Å². The molecule has 0 aliphatic heterocycles. The van der Waals surface area contributed by atoms with Crippen LogP contribution >= 0.6 is 0 Å². The van der Waals surface area contributed by atoms with Gasteiger partial charge in [-0.3, -0.25) is 0 Å². The predicted octanol–water partition coefficient (Wildman–Crippen LogP) is 4.93. The molecule has 0 N–H and O–H groups in total. The van der Waals surface area contributed by atoms with Crippen LogP contribution in [0.2, 0.25) is 0 Å². The van der Waals surface area contributed by atoms with Gasteiger partial charge in [0.25, 0.3) is 0 Å². The first-order valence-corrected chi connectivity index (χ1v) is 8.37. The van der Waals surface area contributed by atoms with Crippen LogP contribution in [0.25, 0.3) is 0 Å². The average molecular weight is 362 g/mol. The molecule has 0 heterocycles. The molecule has 0 saturated heterocycles. The SMILES string of the molecule is Cc1ccc(OC(=O)Oc2ccc(C(=O)OCc3ccccc3)cc2)cc1. The van der Waals surface area contributed by atoms with Crippen LogP contribution in [0.5, 0.6) is 11.5 Å². The van der Waals surface area contributed by atoms with Crippen LogP contribution in [0, 0.1) is 6.92 Å². The standard InChI is InChI=1S/C22H18O5/c1-16-7-11-19(12-8-16)26-22(24)27-20-13-9-18(10-14-20)21(23)25-15-17-5-3-2-4-6-17/h2-14H,15H2,1H3. The molecule has 5 nitrogen and oxygen atoms in total. The smallest absolute Gasteiger partial charge is 0.457 e. The highest BCUT2D eigenvalue weighted by Crippen LogP contribution is 2.16. The number of benzene rings is 3. The van der Waals surface area contributed by atoms with Crippen molar-refractivity contribution in [1.29, 1.82) is 0 Å². The summed E-state index contributed by atoms with van der Waals surface area (Å²) in [6.07, 6.45) is -0.849. The molecule has 3 aromatic carbocycles. The minimum Gasteiger partial charge on any atom is -0.457 e. The van der Waals surface area contributed by atoms with E-state index in [1.807, 2.05) is 49.4 Å². The van der Waals surface area contributed by atoms with Crippen molar-refractivity contribution >= 4 is 12.1 Å². The lowest BCUT2D eigenvalue weighted by atomic mass is 10.2. The highest BCUT2D eigenvalue weighted by molar-refractivity contribution is 5.89. The number of ether oxygens (including phenoxy) is 3. The van der Waals surface area contributed by atoms with E-state index in [2.05, 4.69) is 0 Å². The summed E-state index contributed by atoms with van der Waals surface area (Å²) in [5, 5.41) is 0. The monoisotopic (exact) mass is 362 g/mol. The number of hydrogen-bond donors (Lipinski definition) is 0. The van der Waals surface area contributed by atoms with E-state index < -0.39 is 12.1 Å². The molecule has 0 atom stereocenters. The Morgan fingerprint density at radius 1 is 0.741 bits per heavy atom. The fraction of sp³-hybridized carbons (Fsp3) is 0.0909. The Labute approximate surface area is 157 Å². The Balaban J connectivity index is 1.52. The molecule has 0 aliphatic carbocycles. The zero-order valence-electron chi connectivity index (χ0n) is 14.8. The van der Waals surface area contributed by atoms with Gasteiger partial charge in [-0.25, -0.2) is 9.59 Å². The molecule has 3 aromatic rings. The second kappa shape index (κ2) is 8.67. The summed E-state index contributed by atoms with van der Waals surface area (Å²) in [4.78, 5) is 23.9. The summed E-state index contributed by atoms with van der Waals surface area (Å²) in [7, 11) is 0. The number of rotatable bonds is 5. The van der Waals surface area contributed by atoms with E-state index in [0.717, 1.165) is 11.1 Å². The van der Waals surface area contributed by atoms with Crippen LogP contribution in [-0.2, 0) is 11.3 Å². The number of esters is 1. The van der Waals surface area contributed by atoms with Gasteiger partial charge in [0.2, 0.25) is 0 Å². The Morgan fingerprint density at radius 3 is 1.89 bits per heavy atom. The molecule has 136 valence electrons. The Bertz CT molecular complexity index is 900. The summed E-state index contributed by atoms with van der Waals surface area (Å²) in [5.41, 5.74) is 2.33. The highest BCUT2D eigenvalue weighted by atomic mass is 16.7. The first-order chi connectivity index (χ1) is 13.1. The quantitative estimate of drug-likeness (QED) is 0.476. The second-order valence-electron chi connectivity index (χ2n) is 5.85. The fourth-order valence-electron chi connectivity index (χ4n) is 2.29. The summed E-state index contributed by atoms with van der Waals surface area (Å²) < 4.78 is 15.4. The number of carbonyl (C=O) groups is 2. The van der Waals surface area contributed by atoms with Crippen LogP contribution < -0.4 is 9.47 Å². The third kappa shape index (κ3) is 5.44. The molecule has 0 radical (unpaired) electrons. The Kier molecular flexibility index (Phi) is 5.84. The molecule has 0 amide bonds. The van der Waals surface area contributed by atoms with Crippen LogP contribution in [0.4, 0.5) is 4.79 Å². The van der Waals surface area contributed by atoms with Crippen LogP contribution in [-0.4, -0.2) is 12.1 Å². The molecule has 3 rings (SSSR count). The zero-order chi connectivity index (χ0) is 19.1. The normalized spacial score (nSPS) is 10.1. The van der Waals surface area contributed by atoms with E-state index in [1.165, 1.54) is 24.3 Å². The molecule has 0 unspecified atom stereocenters. The lowest BCUT2D eigenvalue weighted by Crippen LogP contribution is -2.14. The largest absolute Gasteiger partial charge is 0.519 e. The van der Waals surface area contributed by atoms with E-state index >= 15 is 0 Å². The molecular formula is C22H18O5. The molecule has 0 saturated carbocycles. The Hall–Kier alpha value is -3.60. The van der Waals surface area contributed by atoms with E-state index in [9.17, 15) is 9.59 Å². The van der Waals surface area contributed by atoms with Crippen LogP contribution in [0.15, 0.2) is 78.9 Å². The number of aryl methyl sites for hydroxylation is 1. The van der Waals surface area contributed by atoms with Gasteiger partial charge < -0.3 is 14.2 Å². The Morgan fingerprint density at radius 2 is 1.30 bits per heavy atom. The van der Waals surface area contributed by atoms with Crippen molar-refractivity contribution in [3.05, 3.63) is 95.6 Å². The van der Waals surface area contributed by atoms with Crippen LogP contribution in [0.3, 0.4) is 0 Å². The van der Waals surface area contributed by atoms with Gasteiger partial charge in [-0.05, 0) is 48.9 Å². The molecular weight excluding hydrogens is 344 g/mol. The van der Waals surface area contributed by atoms with Gasteiger partial charge in [-0.1, -0.05) is 48.0 Å². The zero-order valence-corrected chi connectivity index (χ0v) is 14.8. The lowest BCUT2D eigenvalue weighted by Gasteiger charge is -2.07. The number of hydrogen-bond acceptors (Lipinski definition) is 5. The fourth-order valence-corrected chi connectivity index (χ4v) is 2.29. The van der Waals surface area contributed by atoms with Crippen molar-refractivity contribution in [2.75, 3.05) is 0 Å². The molecule has 27 heavy (non-hydrogen) atoms. The van der Waals surface area contributed by atoms with E-state index in [0.29, 0.717) is 11.3 Å². The molecule has 0 aliphatic rings. The summed E-state index contributed by atoms with van der Waals surface area (Å²) in [6, 6.07) is 22.5. The van der Waals surface area contributed by atoms with Crippen molar-refractivity contribution < 1.29 is 23.8 Å². The molecule has 0 spiro atoms. The maximum Gasteiger partial charge on any atom is 0.519 e. The van der Waals surface area contributed by atoms with Crippen molar-refractivity contribution in [3.8, 4) is 11.5 Å². The third-order valence-corrected chi connectivity index (χ3v) is 3.73. The maximum atomic E-state index is 12.1. The molecule has 0 fully saturated rings. The van der Waals surface area contributed by atoms with Crippen molar-refractivity contribution in [1.82, 2.24) is 0 Å². The van der Waals surface area contributed by atoms with E-state index in [4.69, 9.17) is 14.2 Å². The van der Waals surface area contributed by atoms with E-state index in [-0.39, 0.29) is 12.4 Å². The topological polar surface area (TPSA) is 61.8 Å². The first-order valence-electron chi connectivity index (χ1n) is 8.37. The maximum absolute atomic E-state index is 12.1. The summed E-state index contributed by atoms with van der Waals surface area (Å²) in [6.45, 7) is 2.13. The van der Waals surface area contributed by atoms with Gasteiger partial charge in [-0.2, -0.15) is 0 Å². The predicted molar refractivity (Wildman–Crippen MR) is 99.8 cm³/mol. The molecule has 0 aromatic heterocycles. The minimum absolute atomic E-state index is 0.195. The number of carbonyl (C=O) groups excluding carboxylic acids is 2. The van der Waals surface area contributed by atoms with Gasteiger partial charge >= 0.3 is 12.1 Å². The highest BCUT2D eigenvalue weighted by Gasteiger charge is 2.11. The average Bonchev–Trinajstić information content (AvgIpc) is 2.69.